The molecule has 2 rings (SSSR count). The van der Waals surface area contributed by atoms with Crippen LogP contribution in [0.2, 0.25) is 0 Å². The van der Waals surface area contributed by atoms with Crippen LogP contribution >= 0.6 is 0 Å². The van der Waals surface area contributed by atoms with Gasteiger partial charge in [0, 0.05) is 6.26 Å². The van der Waals surface area contributed by atoms with Crippen LogP contribution in [-0.4, -0.2) is 14.7 Å². The Balaban J connectivity index is 2.39. The summed E-state index contributed by atoms with van der Waals surface area (Å²) in [5.74, 6) is -0.333. The molecule has 2 aromatic carbocycles. The maximum atomic E-state index is 12.9. The molecule has 0 spiro atoms. The van der Waals surface area contributed by atoms with Gasteiger partial charge in [-0.05, 0) is 35.4 Å². The van der Waals surface area contributed by atoms with Gasteiger partial charge < -0.3 is 5.73 Å². The Labute approximate surface area is 111 Å². The maximum Gasteiger partial charge on any atom is 0.175 e. The summed E-state index contributed by atoms with van der Waals surface area (Å²) in [6, 6.07) is 11.8. The fourth-order valence-corrected chi connectivity index (χ4v) is 2.48. The predicted octanol–water partition coefficient (Wildman–Crippen LogP) is 2.28. The first kappa shape index (κ1) is 13.7. The summed E-state index contributed by atoms with van der Waals surface area (Å²) in [5.41, 5.74) is 7.47. The van der Waals surface area contributed by atoms with E-state index in [0.29, 0.717) is 5.56 Å². The smallest absolute Gasteiger partial charge is 0.175 e. The topological polar surface area (TPSA) is 60.2 Å². The zero-order valence-electron chi connectivity index (χ0n) is 10.4. The minimum Gasteiger partial charge on any atom is -0.320 e. The van der Waals surface area contributed by atoms with E-state index in [0.717, 1.165) is 11.8 Å². The molecular weight excluding hydrogens is 265 g/mol. The summed E-state index contributed by atoms with van der Waals surface area (Å²) >= 11 is 0. The summed E-state index contributed by atoms with van der Waals surface area (Å²) in [5, 5.41) is 0. The van der Waals surface area contributed by atoms with Crippen molar-refractivity contribution in [2.45, 2.75) is 10.9 Å². The first-order chi connectivity index (χ1) is 8.88. The number of rotatable bonds is 3. The average molecular weight is 279 g/mol. The normalized spacial score (nSPS) is 13.2. The average Bonchev–Trinajstić information content (AvgIpc) is 2.38. The SMILES string of the molecule is CS(=O)(=O)c1cccc([C@@H](N)c2ccc(F)cc2)c1. The highest BCUT2D eigenvalue weighted by Crippen LogP contribution is 2.22. The monoisotopic (exact) mass is 279 g/mol. The van der Waals surface area contributed by atoms with Gasteiger partial charge in [-0.15, -0.1) is 0 Å². The van der Waals surface area contributed by atoms with Crippen LogP contribution in [0.4, 0.5) is 4.39 Å². The van der Waals surface area contributed by atoms with Crippen LogP contribution in [0.3, 0.4) is 0 Å². The van der Waals surface area contributed by atoms with Crippen molar-refractivity contribution in [3.63, 3.8) is 0 Å². The molecule has 1 atom stereocenters. The highest BCUT2D eigenvalue weighted by atomic mass is 32.2. The van der Waals surface area contributed by atoms with E-state index in [1.807, 2.05) is 0 Å². The molecule has 2 N–H and O–H groups in total. The standard InChI is InChI=1S/C14H14FNO2S/c1-19(17,18)13-4-2-3-11(9-13)14(16)10-5-7-12(15)8-6-10/h2-9,14H,16H2,1H3/t14-/m0/s1. The van der Waals surface area contributed by atoms with Crippen molar-refractivity contribution in [1.29, 1.82) is 0 Å². The molecule has 0 aliphatic carbocycles. The van der Waals surface area contributed by atoms with E-state index in [9.17, 15) is 12.8 Å². The molecule has 0 heterocycles. The van der Waals surface area contributed by atoms with Crippen molar-refractivity contribution >= 4 is 9.84 Å². The molecular formula is C14H14FNO2S. The largest absolute Gasteiger partial charge is 0.320 e. The lowest BCUT2D eigenvalue weighted by molar-refractivity contribution is 0.601. The van der Waals surface area contributed by atoms with E-state index < -0.39 is 15.9 Å². The molecule has 3 nitrogen and oxygen atoms in total. The van der Waals surface area contributed by atoms with Gasteiger partial charge in [0.2, 0.25) is 0 Å². The summed E-state index contributed by atoms with van der Waals surface area (Å²) in [6.45, 7) is 0. The fraction of sp³-hybridized carbons (Fsp3) is 0.143. The second-order valence-electron chi connectivity index (χ2n) is 4.37. The Morgan fingerprint density at radius 2 is 1.68 bits per heavy atom. The van der Waals surface area contributed by atoms with Crippen LogP contribution in [0.1, 0.15) is 17.2 Å². The molecule has 0 aliphatic rings. The zero-order valence-corrected chi connectivity index (χ0v) is 11.2. The molecule has 19 heavy (non-hydrogen) atoms. The van der Waals surface area contributed by atoms with Gasteiger partial charge >= 0.3 is 0 Å². The van der Waals surface area contributed by atoms with Crippen LogP contribution in [0.25, 0.3) is 0 Å². The van der Waals surface area contributed by atoms with E-state index in [1.54, 1.807) is 30.3 Å². The second kappa shape index (κ2) is 5.11. The minimum absolute atomic E-state index is 0.225. The van der Waals surface area contributed by atoms with E-state index >= 15 is 0 Å². The predicted molar refractivity (Wildman–Crippen MR) is 72.0 cm³/mol. The maximum absolute atomic E-state index is 12.9. The lowest BCUT2D eigenvalue weighted by atomic mass is 10.00. The molecule has 0 radical (unpaired) electrons. The van der Waals surface area contributed by atoms with Crippen molar-refractivity contribution in [2.24, 2.45) is 5.73 Å². The number of halogens is 1. The van der Waals surface area contributed by atoms with E-state index in [-0.39, 0.29) is 10.7 Å². The number of sulfone groups is 1. The number of benzene rings is 2. The van der Waals surface area contributed by atoms with E-state index in [4.69, 9.17) is 5.73 Å². The van der Waals surface area contributed by atoms with Gasteiger partial charge in [0.15, 0.2) is 9.84 Å². The molecule has 0 aromatic heterocycles. The third-order valence-electron chi connectivity index (χ3n) is 2.87. The summed E-state index contributed by atoms with van der Waals surface area (Å²) in [4.78, 5) is 0.225. The summed E-state index contributed by atoms with van der Waals surface area (Å²) in [7, 11) is -3.26. The van der Waals surface area contributed by atoms with Crippen molar-refractivity contribution < 1.29 is 12.8 Å². The van der Waals surface area contributed by atoms with Crippen molar-refractivity contribution in [1.82, 2.24) is 0 Å². The number of hydrogen-bond donors (Lipinski definition) is 1. The summed E-state index contributed by atoms with van der Waals surface area (Å²) in [6.07, 6.45) is 1.15. The molecule has 0 fully saturated rings. The lowest BCUT2D eigenvalue weighted by Gasteiger charge is -2.13. The fourth-order valence-electron chi connectivity index (χ4n) is 1.80. The zero-order chi connectivity index (χ0) is 14.0. The molecule has 0 saturated heterocycles. The third-order valence-corrected chi connectivity index (χ3v) is 3.98. The number of hydrogen-bond acceptors (Lipinski definition) is 3. The molecule has 0 bridgehead atoms. The van der Waals surface area contributed by atoms with Gasteiger partial charge in [-0.3, -0.25) is 0 Å². The first-order valence-corrected chi connectivity index (χ1v) is 7.58. The van der Waals surface area contributed by atoms with Gasteiger partial charge in [-0.25, -0.2) is 12.8 Å². The molecule has 0 saturated carbocycles. The van der Waals surface area contributed by atoms with Gasteiger partial charge in [0.05, 0.1) is 10.9 Å². The highest BCUT2D eigenvalue weighted by molar-refractivity contribution is 7.90. The molecule has 5 heteroatoms. The van der Waals surface area contributed by atoms with Crippen LogP contribution in [-0.2, 0) is 9.84 Å². The van der Waals surface area contributed by atoms with Gasteiger partial charge in [0.25, 0.3) is 0 Å². The minimum atomic E-state index is -3.26. The van der Waals surface area contributed by atoms with Crippen LogP contribution < -0.4 is 5.73 Å². The molecule has 0 aliphatic heterocycles. The third kappa shape index (κ3) is 3.19. The molecule has 0 amide bonds. The van der Waals surface area contributed by atoms with Crippen LogP contribution in [0, 0.1) is 5.82 Å². The van der Waals surface area contributed by atoms with E-state index in [2.05, 4.69) is 0 Å². The molecule has 2 aromatic rings. The van der Waals surface area contributed by atoms with Crippen LogP contribution in [0.15, 0.2) is 53.4 Å². The van der Waals surface area contributed by atoms with Gasteiger partial charge in [-0.1, -0.05) is 24.3 Å². The Morgan fingerprint density at radius 3 is 2.26 bits per heavy atom. The van der Waals surface area contributed by atoms with Gasteiger partial charge in [0.1, 0.15) is 5.82 Å². The molecule has 100 valence electrons. The molecule has 0 unspecified atom stereocenters. The van der Waals surface area contributed by atoms with Crippen LogP contribution in [0.5, 0.6) is 0 Å². The van der Waals surface area contributed by atoms with Crippen molar-refractivity contribution in [3.8, 4) is 0 Å². The Kier molecular flexibility index (Phi) is 3.68. The lowest BCUT2D eigenvalue weighted by Crippen LogP contribution is -2.12. The van der Waals surface area contributed by atoms with Crippen molar-refractivity contribution in [3.05, 3.63) is 65.5 Å². The van der Waals surface area contributed by atoms with Crippen molar-refractivity contribution in [2.75, 3.05) is 6.26 Å². The summed E-state index contributed by atoms with van der Waals surface area (Å²) < 4.78 is 35.8. The Morgan fingerprint density at radius 1 is 1.05 bits per heavy atom. The van der Waals surface area contributed by atoms with Gasteiger partial charge in [-0.2, -0.15) is 0 Å². The Hall–Kier alpha value is -1.72. The second-order valence-corrected chi connectivity index (χ2v) is 6.39. The van der Waals surface area contributed by atoms with E-state index in [1.165, 1.54) is 18.2 Å². The Bertz CT molecular complexity index is 681. The first-order valence-electron chi connectivity index (χ1n) is 5.69. The highest BCUT2D eigenvalue weighted by Gasteiger charge is 2.13. The number of nitrogens with two attached hydrogens (primary N) is 1. The quantitative estimate of drug-likeness (QED) is 0.937.